The number of rotatable bonds is 4. The average molecular weight is 235 g/mol. The highest BCUT2D eigenvalue weighted by Gasteiger charge is 2.13. The first-order valence-electron chi connectivity index (χ1n) is 5.29. The second-order valence-electron chi connectivity index (χ2n) is 3.82. The Morgan fingerprint density at radius 2 is 2.18 bits per heavy atom. The minimum absolute atomic E-state index is 0.252. The summed E-state index contributed by atoms with van der Waals surface area (Å²) in [4.78, 5) is 22.7. The molecule has 5 nitrogen and oxygen atoms in total. The molecule has 17 heavy (non-hydrogen) atoms. The maximum Gasteiger partial charge on any atom is 0.286 e. The van der Waals surface area contributed by atoms with Crippen LogP contribution in [0.25, 0.3) is 0 Å². The number of carbonyl (C=O) groups excluding carboxylic acids is 2. The predicted molar refractivity (Wildman–Crippen MR) is 60.0 cm³/mol. The molecular weight excluding hydrogens is 222 g/mol. The Balaban J connectivity index is 1.95. The van der Waals surface area contributed by atoms with Gasteiger partial charge in [-0.15, -0.1) is 0 Å². The van der Waals surface area contributed by atoms with Crippen molar-refractivity contribution in [2.75, 3.05) is 20.4 Å². The van der Waals surface area contributed by atoms with Crippen LogP contribution >= 0.6 is 0 Å². The Kier molecular flexibility index (Phi) is 3.27. The smallest absolute Gasteiger partial charge is 0.286 e. The summed E-state index contributed by atoms with van der Waals surface area (Å²) in [6, 6.07) is 5.66. The van der Waals surface area contributed by atoms with Crippen LogP contribution in [0.15, 0.2) is 18.2 Å². The predicted octanol–water partition coefficient (Wildman–Crippen LogP) is 0.615. The highest BCUT2D eigenvalue weighted by molar-refractivity contribution is 6.23. The fourth-order valence-corrected chi connectivity index (χ4v) is 1.59. The highest BCUT2D eigenvalue weighted by atomic mass is 16.7. The summed E-state index contributed by atoms with van der Waals surface area (Å²) in [6.45, 7) is 0.750. The molecule has 0 bridgehead atoms. The normalized spacial score (nSPS) is 12.3. The molecule has 1 heterocycles. The highest BCUT2D eigenvalue weighted by Crippen LogP contribution is 2.32. The van der Waals surface area contributed by atoms with Crippen molar-refractivity contribution in [3.63, 3.8) is 0 Å². The number of ether oxygens (including phenoxy) is 2. The molecule has 1 aliphatic heterocycles. The van der Waals surface area contributed by atoms with Gasteiger partial charge in [0.1, 0.15) is 0 Å². The molecule has 0 fully saturated rings. The van der Waals surface area contributed by atoms with Crippen molar-refractivity contribution in [1.82, 2.24) is 4.90 Å². The van der Waals surface area contributed by atoms with Gasteiger partial charge in [-0.25, -0.2) is 0 Å². The number of likely N-dealkylation sites (N-methyl/N-ethyl adjacent to an activating group) is 1. The zero-order chi connectivity index (χ0) is 12.3. The number of amides is 1. The lowest BCUT2D eigenvalue weighted by Gasteiger charge is -2.13. The van der Waals surface area contributed by atoms with Crippen LogP contribution in [0.2, 0.25) is 0 Å². The van der Waals surface area contributed by atoms with Gasteiger partial charge in [0, 0.05) is 13.6 Å². The maximum atomic E-state index is 11.0. The number of aldehydes is 1. The van der Waals surface area contributed by atoms with Gasteiger partial charge in [0.2, 0.25) is 13.1 Å². The zero-order valence-electron chi connectivity index (χ0n) is 9.51. The van der Waals surface area contributed by atoms with Crippen LogP contribution in [0, 0.1) is 0 Å². The molecule has 0 atom stereocenters. The third-order valence-electron chi connectivity index (χ3n) is 2.65. The third kappa shape index (κ3) is 2.55. The summed E-state index contributed by atoms with van der Waals surface area (Å²) in [6.07, 6.45) is 0.992. The molecule has 90 valence electrons. The van der Waals surface area contributed by atoms with Crippen LogP contribution in [0.4, 0.5) is 0 Å². The summed E-state index contributed by atoms with van der Waals surface area (Å²) in [5, 5.41) is 0. The standard InChI is InChI=1S/C12H13NO4/c1-13(12(15)7-14)5-4-9-2-3-10-11(6-9)17-8-16-10/h2-3,6-7H,4-5,8H2,1H3. The van der Waals surface area contributed by atoms with Crippen molar-refractivity contribution < 1.29 is 19.1 Å². The van der Waals surface area contributed by atoms with Crippen molar-refractivity contribution in [1.29, 1.82) is 0 Å². The lowest BCUT2D eigenvalue weighted by molar-refractivity contribution is -0.137. The summed E-state index contributed by atoms with van der Waals surface area (Å²) in [7, 11) is 1.60. The van der Waals surface area contributed by atoms with E-state index in [4.69, 9.17) is 9.47 Å². The monoisotopic (exact) mass is 235 g/mol. The van der Waals surface area contributed by atoms with Gasteiger partial charge in [0.05, 0.1) is 0 Å². The molecule has 2 rings (SSSR count). The van der Waals surface area contributed by atoms with E-state index in [1.165, 1.54) is 4.90 Å². The average Bonchev–Trinajstić information content (AvgIpc) is 2.82. The van der Waals surface area contributed by atoms with Gasteiger partial charge < -0.3 is 14.4 Å². The SMILES string of the molecule is CN(CCc1ccc2c(c1)OCO2)C(=O)C=O. The van der Waals surface area contributed by atoms with Crippen LogP contribution in [0.3, 0.4) is 0 Å². The van der Waals surface area contributed by atoms with Gasteiger partial charge in [0.15, 0.2) is 11.5 Å². The third-order valence-corrected chi connectivity index (χ3v) is 2.65. The van der Waals surface area contributed by atoms with Gasteiger partial charge in [0.25, 0.3) is 5.91 Å². The molecule has 0 saturated carbocycles. The Hall–Kier alpha value is -2.04. The molecule has 5 heteroatoms. The summed E-state index contributed by atoms with van der Waals surface area (Å²) < 4.78 is 10.5. The van der Waals surface area contributed by atoms with E-state index in [0.717, 1.165) is 17.1 Å². The number of hydrogen-bond donors (Lipinski definition) is 0. The molecule has 1 amide bonds. The number of nitrogens with zero attached hydrogens (tertiary/aromatic N) is 1. The Bertz CT molecular complexity index is 444. The molecule has 0 spiro atoms. The molecular formula is C12H13NO4. The van der Waals surface area contributed by atoms with Gasteiger partial charge in [-0.1, -0.05) is 6.07 Å². The van der Waals surface area contributed by atoms with Gasteiger partial charge in [-0.3, -0.25) is 9.59 Å². The largest absolute Gasteiger partial charge is 0.454 e. The summed E-state index contributed by atoms with van der Waals surface area (Å²) in [5.41, 5.74) is 1.04. The molecule has 1 aromatic carbocycles. The first-order valence-corrected chi connectivity index (χ1v) is 5.29. The van der Waals surface area contributed by atoms with Gasteiger partial charge in [-0.05, 0) is 24.1 Å². The van der Waals surface area contributed by atoms with Crippen LogP contribution in [-0.2, 0) is 16.0 Å². The minimum Gasteiger partial charge on any atom is -0.454 e. The van der Waals surface area contributed by atoms with E-state index in [2.05, 4.69) is 0 Å². The molecule has 1 aliphatic rings. The number of carbonyl (C=O) groups is 2. The van der Waals surface area contributed by atoms with E-state index >= 15 is 0 Å². The van der Waals surface area contributed by atoms with Crippen LogP contribution in [-0.4, -0.2) is 37.5 Å². The van der Waals surface area contributed by atoms with Crippen LogP contribution < -0.4 is 9.47 Å². The fourth-order valence-electron chi connectivity index (χ4n) is 1.59. The van der Waals surface area contributed by atoms with E-state index in [-0.39, 0.29) is 6.79 Å². The lowest BCUT2D eigenvalue weighted by atomic mass is 10.1. The molecule has 0 aromatic heterocycles. The fraction of sp³-hybridized carbons (Fsp3) is 0.333. The Labute approximate surface area is 98.9 Å². The van der Waals surface area contributed by atoms with Gasteiger partial charge in [-0.2, -0.15) is 0 Å². The molecule has 0 radical (unpaired) electrons. The van der Waals surface area contributed by atoms with E-state index in [9.17, 15) is 9.59 Å². The molecule has 0 unspecified atom stereocenters. The minimum atomic E-state index is -0.509. The number of hydrogen-bond acceptors (Lipinski definition) is 4. The molecule has 1 aromatic rings. The molecule has 0 N–H and O–H groups in total. The Morgan fingerprint density at radius 3 is 2.94 bits per heavy atom. The summed E-state index contributed by atoms with van der Waals surface area (Å²) >= 11 is 0. The van der Waals surface area contributed by atoms with Crippen molar-refractivity contribution in [3.05, 3.63) is 23.8 Å². The summed E-state index contributed by atoms with van der Waals surface area (Å²) in [5.74, 6) is 0.962. The van der Waals surface area contributed by atoms with E-state index in [1.807, 2.05) is 18.2 Å². The van der Waals surface area contributed by atoms with Crippen molar-refractivity contribution >= 4 is 12.2 Å². The second-order valence-corrected chi connectivity index (χ2v) is 3.82. The quantitative estimate of drug-likeness (QED) is 0.567. The van der Waals surface area contributed by atoms with E-state index in [1.54, 1.807) is 7.05 Å². The van der Waals surface area contributed by atoms with Crippen molar-refractivity contribution in [2.45, 2.75) is 6.42 Å². The Morgan fingerprint density at radius 1 is 1.41 bits per heavy atom. The van der Waals surface area contributed by atoms with Crippen molar-refractivity contribution in [3.8, 4) is 11.5 Å². The molecule has 0 saturated heterocycles. The van der Waals surface area contributed by atoms with Crippen LogP contribution in [0.1, 0.15) is 5.56 Å². The zero-order valence-corrected chi connectivity index (χ0v) is 9.51. The van der Waals surface area contributed by atoms with Crippen molar-refractivity contribution in [2.24, 2.45) is 0 Å². The van der Waals surface area contributed by atoms with Gasteiger partial charge >= 0.3 is 0 Å². The first-order chi connectivity index (χ1) is 8.20. The maximum absolute atomic E-state index is 11.0. The van der Waals surface area contributed by atoms with E-state index < -0.39 is 5.91 Å². The van der Waals surface area contributed by atoms with Crippen LogP contribution in [0.5, 0.6) is 11.5 Å². The number of fused-ring (bicyclic) bond motifs is 1. The number of benzene rings is 1. The topological polar surface area (TPSA) is 55.8 Å². The molecule has 0 aliphatic carbocycles. The second kappa shape index (κ2) is 4.86. The van der Waals surface area contributed by atoms with E-state index in [0.29, 0.717) is 19.3 Å². The first kappa shape index (κ1) is 11.4. The lowest BCUT2D eigenvalue weighted by Crippen LogP contribution is -2.29.